The van der Waals surface area contributed by atoms with Gasteiger partial charge in [-0.1, -0.05) is 30.2 Å². The van der Waals surface area contributed by atoms with Crippen LogP contribution in [0, 0.1) is 6.92 Å². The summed E-state index contributed by atoms with van der Waals surface area (Å²) in [7, 11) is -1.79. The molecule has 0 unspecified atom stereocenters. The van der Waals surface area contributed by atoms with Gasteiger partial charge in [-0.05, 0) is 63.4 Å². The number of rotatable bonds is 6. The van der Waals surface area contributed by atoms with E-state index in [4.69, 9.17) is 11.6 Å². The van der Waals surface area contributed by atoms with Gasteiger partial charge < -0.3 is 4.90 Å². The Labute approximate surface area is 178 Å². The molecule has 2 aromatic rings. The third-order valence-corrected chi connectivity index (χ3v) is 8.34. The van der Waals surface area contributed by atoms with Crippen molar-refractivity contribution < 1.29 is 8.42 Å². The zero-order valence-electron chi connectivity index (χ0n) is 17.1. The maximum absolute atomic E-state index is 12.7. The summed E-state index contributed by atoms with van der Waals surface area (Å²) in [6, 6.07) is 8.28. The molecule has 1 aromatic heterocycles. The number of piperidine rings is 1. The second-order valence-electron chi connectivity index (χ2n) is 8.56. The fourth-order valence-electron chi connectivity index (χ4n) is 4.71. The van der Waals surface area contributed by atoms with E-state index in [0.29, 0.717) is 5.69 Å². The van der Waals surface area contributed by atoms with Gasteiger partial charge in [-0.15, -0.1) is 0 Å². The van der Waals surface area contributed by atoms with E-state index in [1.54, 1.807) is 24.9 Å². The second kappa shape index (κ2) is 8.02. The molecule has 1 aliphatic carbocycles. The third-order valence-electron chi connectivity index (χ3n) is 6.46. The molecular weight excluding hydrogens is 408 g/mol. The number of hydrogen-bond acceptors (Lipinski definition) is 4. The van der Waals surface area contributed by atoms with Crippen LogP contribution >= 0.6 is 11.6 Å². The van der Waals surface area contributed by atoms with Gasteiger partial charge in [0.25, 0.3) is 0 Å². The number of benzene rings is 1. The largest absolute Gasteiger partial charge is 0.302 e. The van der Waals surface area contributed by atoms with Crippen molar-refractivity contribution in [3.05, 3.63) is 46.7 Å². The molecule has 29 heavy (non-hydrogen) atoms. The normalized spacial score (nSPS) is 20.5. The Kier molecular flexibility index (Phi) is 5.77. The molecule has 8 heteroatoms. The Morgan fingerprint density at radius 3 is 2.38 bits per heavy atom. The Balaban J connectivity index is 1.36. The van der Waals surface area contributed by atoms with E-state index in [2.05, 4.69) is 26.9 Å². The minimum absolute atomic E-state index is 0.0243. The van der Waals surface area contributed by atoms with Gasteiger partial charge in [0.15, 0.2) is 0 Å². The fourth-order valence-corrected chi connectivity index (χ4v) is 6.36. The van der Waals surface area contributed by atoms with Gasteiger partial charge in [0.2, 0.25) is 10.0 Å². The molecular formula is C21H29ClN4O2S. The van der Waals surface area contributed by atoms with Crippen molar-refractivity contribution in [2.24, 2.45) is 7.05 Å². The Morgan fingerprint density at radius 2 is 1.86 bits per heavy atom. The maximum Gasteiger partial charge on any atom is 0.244 e. The van der Waals surface area contributed by atoms with Crippen molar-refractivity contribution in [1.82, 2.24) is 19.4 Å². The SMILES string of the molecule is Cc1nn(C)cc1S(=O)(=O)NC1CCN(CC2(c3ccc(Cl)cc3)CCC2)CC1. The smallest absolute Gasteiger partial charge is 0.244 e. The van der Waals surface area contributed by atoms with Crippen LogP contribution in [0.1, 0.15) is 43.4 Å². The highest BCUT2D eigenvalue weighted by Gasteiger charge is 2.40. The van der Waals surface area contributed by atoms with Crippen LogP contribution in [0.5, 0.6) is 0 Å². The van der Waals surface area contributed by atoms with Crippen LogP contribution in [-0.2, 0) is 22.5 Å². The molecule has 158 valence electrons. The first kappa shape index (κ1) is 20.8. The number of aromatic nitrogens is 2. The number of sulfonamides is 1. The minimum Gasteiger partial charge on any atom is -0.302 e. The van der Waals surface area contributed by atoms with Crippen LogP contribution in [-0.4, -0.2) is 48.8 Å². The van der Waals surface area contributed by atoms with Gasteiger partial charge in [0.1, 0.15) is 4.90 Å². The quantitative estimate of drug-likeness (QED) is 0.754. The van der Waals surface area contributed by atoms with Gasteiger partial charge in [-0.25, -0.2) is 13.1 Å². The van der Waals surface area contributed by atoms with Gasteiger partial charge >= 0.3 is 0 Å². The Morgan fingerprint density at radius 1 is 1.21 bits per heavy atom. The average molecular weight is 437 g/mol. The molecule has 2 heterocycles. The lowest BCUT2D eigenvalue weighted by Gasteiger charge is -2.47. The highest BCUT2D eigenvalue weighted by atomic mass is 35.5. The molecule has 2 fully saturated rings. The van der Waals surface area contributed by atoms with E-state index in [-0.39, 0.29) is 16.4 Å². The second-order valence-corrected chi connectivity index (χ2v) is 10.7. The summed E-state index contributed by atoms with van der Waals surface area (Å²) < 4.78 is 29.9. The van der Waals surface area contributed by atoms with Crippen molar-refractivity contribution in [1.29, 1.82) is 0 Å². The topological polar surface area (TPSA) is 67.2 Å². The molecule has 0 radical (unpaired) electrons. The van der Waals surface area contributed by atoms with Crippen LogP contribution in [0.2, 0.25) is 5.02 Å². The molecule has 1 aliphatic heterocycles. The first-order valence-electron chi connectivity index (χ1n) is 10.3. The molecule has 2 aliphatic rings. The van der Waals surface area contributed by atoms with Crippen molar-refractivity contribution in [2.45, 2.75) is 55.4 Å². The van der Waals surface area contributed by atoms with Crippen LogP contribution in [0.25, 0.3) is 0 Å². The summed E-state index contributed by atoms with van der Waals surface area (Å²) in [4.78, 5) is 2.77. The number of likely N-dealkylation sites (tertiary alicyclic amines) is 1. The first-order chi connectivity index (χ1) is 13.8. The van der Waals surface area contributed by atoms with Crippen molar-refractivity contribution in [2.75, 3.05) is 19.6 Å². The van der Waals surface area contributed by atoms with E-state index in [1.165, 1.54) is 24.8 Å². The lowest BCUT2D eigenvalue weighted by molar-refractivity contribution is 0.115. The van der Waals surface area contributed by atoms with E-state index >= 15 is 0 Å². The first-order valence-corrected chi connectivity index (χ1v) is 12.1. The van der Waals surface area contributed by atoms with Crippen LogP contribution in [0.4, 0.5) is 0 Å². The molecule has 0 amide bonds. The lowest BCUT2D eigenvalue weighted by Crippen LogP contribution is -2.51. The lowest BCUT2D eigenvalue weighted by atomic mass is 9.64. The summed E-state index contributed by atoms with van der Waals surface area (Å²) in [6.45, 7) is 4.59. The number of nitrogens with zero attached hydrogens (tertiary/aromatic N) is 3. The predicted octanol–water partition coefficient (Wildman–Crippen LogP) is 3.25. The predicted molar refractivity (Wildman–Crippen MR) is 115 cm³/mol. The van der Waals surface area contributed by atoms with Crippen molar-refractivity contribution in [3.8, 4) is 0 Å². The standard InChI is InChI=1S/C21H29ClN4O2S/c1-16-20(14-25(2)23-16)29(27,28)24-19-8-12-26(13-9-19)15-21(10-3-11-21)17-4-6-18(22)7-5-17/h4-7,14,19,24H,3,8-13,15H2,1-2H3. The van der Waals surface area contributed by atoms with Crippen molar-refractivity contribution in [3.63, 3.8) is 0 Å². The molecule has 1 saturated carbocycles. The van der Waals surface area contributed by atoms with E-state index < -0.39 is 10.0 Å². The zero-order chi connectivity index (χ0) is 20.6. The highest BCUT2D eigenvalue weighted by molar-refractivity contribution is 7.89. The molecule has 1 aromatic carbocycles. The summed E-state index contributed by atoms with van der Waals surface area (Å²) >= 11 is 6.07. The minimum atomic E-state index is -3.53. The Bertz CT molecular complexity index is 959. The van der Waals surface area contributed by atoms with E-state index in [0.717, 1.165) is 37.5 Å². The summed E-state index contributed by atoms with van der Waals surface area (Å²) in [5.74, 6) is 0. The van der Waals surface area contributed by atoms with Gasteiger partial charge in [0.05, 0.1) is 5.69 Å². The summed E-state index contributed by atoms with van der Waals surface area (Å²) in [6.07, 6.45) is 6.91. The zero-order valence-corrected chi connectivity index (χ0v) is 18.6. The molecule has 4 rings (SSSR count). The molecule has 1 saturated heterocycles. The number of nitrogens with one attached hydrogen (secondary N) is 1. The number of aryl methyl sites for hydroxylation is 2. The number of hydrogen-bond donors (Lipinski definition) is 1. The van der Waals surface area contributed by atoms with Crippen LogP contribution in [0.15, 0.2) is 35.4 Å². The van der Waals surface area contributed by atoms with Crippen molar-refractivity contribution >= 4 is 21.6 Å². The Hall–Kier alpha value is -1.41. The average Bonchev–Trinajstić information content (AvgIpc) is 2.99. The number of halogens is 1. The summed E-state index contributed by atoms with van der Waals surface area (Å²) in [5, 5.41) is 4.93. The monoisotopic (exact) mass is 436 g/mol. The van der Waals surface area contributed by atoms with E-state index in [1.807, 2.05) is 12.1 Å². The van der Waals surface area contributed by atoms with Gasteiger partial charge in [-0.3, -0.25) is 4.68 Å². The van der Waals surface area contributed by atoms with E-state index in [9.17, 15) is 8.42 Å². The highest BCUT2D eigenvalue weighted by Crippen LogP contribution is 2.45. The molecule has 6 nitrogen and oxygen atoms in total. The van der Waals surface area contributed by atoms with Gasteiger partial charge in [0, 0.05) is 36.3 Å². The third kappa shape index (κ3) is 4.38. The van der Waals surface area contributed by atoms with Crippen LogP contribution in [0.3, 0.4) is 0 Å². The summed E-state index contributed by atoms with van der Waals surface area (Å²) in [5.41, 5.74) is 2.14. The maximum atomic E-state index is 12.7. The van der Waals surface area contributed by atoms with Gasteiger partial charge in [-0.2, -0.15) is 5.10 Å². The van der Waals surface area contributed by atoms with Crippen LogP contribution < -0.4 is 4.72 Å². The fraction of sp³-hybridized carbons (Fsp3) is 0.571. The molecule has 1 N–H and O–H groups in total. The molecule has 0 atom stereocenters. The molecule has 0 bridgehead atoms. The molecule has 0 spiro atoms.